The predicted molar refractivity (Wildman–Crippen MR) is 80.4 cm³/mol. The van der Waals surface area contributed by atoms with Crippen molar-refractivity contribution < 1.29 is 5.21 Å². The number of likely N-dealkylation sites (tertiary alicyclic amines) is 1. The third kappa shape index (κ3) is 2.58. The Morgan fingerprint density at radius 2 is 1.85 bits per heavy atom. The summed E-state index contributed by atoms with van der Waals surface area (Å²) in [5, 5.41) is 11.7. The van der Waals surface area contributed by atoms with Crippen LogP contribution < -0.4 is 10.6 Å². The van der Waals surface area contributed by atoms with Gasteiger partial charge in [-0.25, -0.2) is 0 Å². The largest absolute Gasteiger partial charge is 0.409 e. The van der Waals surface area contributed by atoms with Gasteiger partial charge in [-0.3, -0.25) is 4.90 Å². The molecule has 5 heteroatoms. The van der Waals surface area contributed by atoms with Crippen LogP contribution in [0.3, 0.4) is 0 Å². The second kappa shape index (κ2) is 5.71. The van der Waals surface area contributed by atoms with Crippen LogP contribution in [0.4, 0.5) is 5.69 Å². The highest BCUT2D eigenvalue weighted by atomic mass is 16.4. The molecule has 2 aliphatic rings. The normalized spacial score (nSPS) is 24.5. The Hall–Kier alpha value is -1.75. The van der Waals surface area contributed by atoms with Crippen LogP contribution in [0.25, 0.3) is 0 Å². The Labute approximate surface area is 119 Å². The molecule has 3 N–H and O–H groups in total. The van der Waals surface area contributed by atoms with Crippen LogP contribution in [-0.4, -0.2) is 48.2 Å². The molecule has 0 spiro atoms. The van der Waals surface area contributed by atoms with Crippen LogP contribution in [0.15, 0.2) is 29.4 Å². The topological polar surface area (TPSA) is 65.1 Å². The molecule has 2 aliphatic heterocycles. The number of amidine groups is 1. The minimum Gasteiger partial charge on any atom is -0.409 e. The SMILES string of the molecule is NC(=NO)c1ccc(N2CCC(N3CCCC3)C2)cc1. The zero-order chi connectivity index (χ0) is 13.9. The number of nitrogens with zero attached hydrogens (tertiary/aromatic N) is 3. The minimum atomic E-state index is 0.160. The van der Waals surface area contributed by atoms with E-state index in [1.54, 1.807) is 0 Å². The molecule has 20 heavy (non-hydrogen) atoms. The van der Waals surface area contributed by atoms with E-state index in [0.29, 0.717) is 6.04 Å². The molecular weight excluding hydrogens is 252 g/mol. The standard InChI is InChI=1S/C15H22N4O/c16-15(17-20)12-3-5-13(6-4-12)19-10-7-14(11-19)18-8-1-2-9-18/h3-6,14,20H,1-2,7-11H2,(H2,16,17). The van der Waals surface area contributed by atoms with E-state index in [0.717, 1.165) is 18.7 Å². The molecule has 1 atom stereocenters. The summed E-state index contributed by atoms with van der Waals surface area (Å²) < 4.78 is 0. The molecule has 1 unspecified atom stereocenters. The summed E-state index contributed by atoms with van der Waals surface area (Å²) in [6.45, 7) is 4.76. The van der Waals surface area contributed by atoms with Crippen LogP contribution in [-0.2, 0) is 0 Å². The van der Waals surface area contributed by atoms with Gasteiger partial charge in [0.05, 0.1) is 0 Å². The van der Waals surface area contributed by atoms with Crippen molar-refractivity contribution in [2.45, 2.75) is 25.3 Å². The molecule has 0 amide bonds. The van der Waals surface area contributed by atoms with Crippen molar-refractivity contribution in [2.75, 3.05) is 31.1 Å². The average molecular weight is 274 g/mol. The number of benzene rings is 1. The third-order valence-corrected chi connectivity index (χ3v) is 4.46. The number of rotatable bonds is 3. The summed E-state index contributed by atoms with van der Waals surface area (Å²) in [5.74, 6) is 0.160. The molecule has 0 aromatic heterocycles. The van der Waals surface area contributed by atoms with Crippen LogP contribution in [0.1, 0.15) is 24.8 Å². The Morgan fingerprint density at radius 1 is 1.15 bits per heavy atom. The first-order valence-corrected chi connectivity index (χ1v) is 7.35. The summed E-state index contributed by atoms with van der Waals surface area (Å²) in [6, 6.07) is 8.64. The van der Waals surface area contributed by atoms with Gasteiger partial charge in [0.15, 0.2) is 5.84 Å². The van der Waals surface area contributed by atoms with E-state index in [1.165, 1.54) is 38.0 Å². The van der Waals surface area contributed by atoms with E-state index < -0.39 is 0 Å². The molecule has 2 saturated heterocycles. The van der Waals surface area contributed by atoms with Gasteiger partial charge < -0.3 is 15.8 Å². The molecule has 108 valence electrons. The van der Waals surface area contributed by atoms with Gasteiger partial charge in [0.2, 0.25) is 0 Å². The maximum absolute atomic E-state index is 8.67. The fourth-order valence-corrected chi connectivity index (χ4v) is 3.28. The second-order valence-electron chi connectivity index (χ2n) is 5.66. The van der Waals surface area contributed by atoms with Crippen molar-refractivity contribution in [3.8, 4) is 0 Å². The Kier molecular flexibility index (Phi) is 3.78. The fourth-order valence-electron chi connectivity index (χ4n) is 3.28. The monoisotopic (exact) mass is 274 g/mol. The zero-order valence-corrected chi connectivity index (χ0v) is 11.7. The fraction of sp³-hybridized carbons (Fsp3) is 0.533. The van der Waals surface area contributed by atoms with Gasteiger partial charge in [0.25, 0.3) is 0 Å². The second-order valence-corrected chi connectivity index (χ2v) is 5.66. The van der Waals surface area contributed by atoms with Crippen LogP contribution >= 0.6 is 0 Å². The van der Waals surface area contributed by atoms with E-state index in [-0.39, 0.29) is 5.84 Å². The smallest absolute Gasteiger partial charge is 0.170 e. The van der Waals surface area contributed by atoms with Crippen molar-refractivity contribution in [2.24, 2.45) is 10.9 Å². The van der Waals surface area contributed by atoms with Crippen LogP contribution in [0.2, 0.25) is 0 Å². The van der Waals surface area contributed by atoms with Crippen LogP contribution in [0, 0.1) is 0 Å². The lowest BCUT2D eigenvalue weighted by molar-refractivity contribution is 0.260. The van der Waals surface area contributed by atoms with E-state index in [9.17, 15) is 0 Å². The first kappa shape index (κ1) is 13.2. The molecule has 5 nitrogen and oxygen atoms in total. The Morgan fingerprint density at radius 3 is 2.50 bits per heavy atom. The molecule has 3 rings (SSSR count). The molecule has 0 saturated carbocycles. The zero-order valence-electron chi connectivity index (χ0n) is 11.7. The molecule has 2 heterocycles. The average Bonchev–Trinajstić information content (AvgIpc) is 3.17. The molecular formula is C15H22N4O. The number of hydrogen-bond acceptors (Lipinski definition) is 4. The number of oxime groups is 1. The highest BCUT2D eigenvalue weighted by Gasteiger charge is 2.29. The van der Waals surface area contributed by atoms with Gasteiger partial charge in [0, 0.05) is 30.4 Å². The minimum absolute atomic E-state index is 0.160. The van der Waals surface area contributed by atoms with Gasteiger partial charge >= 0.3 is 0 Å². The van der Waals surface area contributed by atoms with Crippen molar-refractivity contribution >= 4 is 11.5 Å². The van der Waals surface area contributed by atoms with Crippen molar-refractivity contribution in [1.29, 1.82) is 0 Å². The summed E-state index contributed by atoms with van der Waals surface area (Å²) in [7, 11) is 0. The lowest BCUT2D eigenvalue weighted by Crippen LogP contribution is -2.35. The van der Waals surface area contributed by atoms with Crippen molar-refractivity contribution in [1.82, 2.24) is 4.90 Å². The number of nitrogens with two attached hydrogens (primary N) is 1. The summed E-state index contributed by atoms with van der Waals surface area (Å²) in [4.78, 5) is 5.06. The van der Waals surface area contributed by atoms with E-state index >= 15 is 0 Å². The number of hydrogen-bond donors (Lipinski definition) is 2. The van der Waals surface area contributed by atoms with Gasteiger partial charge in [0.1, 0.15) is 0 Å². The maximum Gasteiger partial charge on any atom is 0.170 e. The lowest BCUT2D eigenvalue weighted by atomic mass is 10.2. The molecule has 1 aromatic rings. The van der Waals surface area contributed by atoms with E-state index in [4.69, 9.17) is 10.9 Å². The highest BCUT2D eigenvalue weighted by Crippen LogP contribution is 2.25. The summed E-state index contributed by atoms with van der Waals surface area (Å²) in [6.07, 6.45) is 3.96. The maximum atomic E-state index is 8.67. The first-order valence-electron chi connectivity index (χ1n) is 7.35. The van der Waals surface area contributed by atoms with E-state index in [1.807, 2.05) is 12.1 Å². The summed E-state index contributed by atoms with van der Waals surface area (Å²) >= 11 is 0. The lowest BCUT2D eigenvalue weighted by Gasteiger charge is -2.24. The molecule has 0 aliphatic carbocycles. The quantitative estimate of drug-likeness (QED) is 0.379. The van der Waals surface area contributed by atoms with Crippen LogP contribution in [0.5, 0.6) is 0 Å². The Balaban J connectivity index is 1.65. The third-order valence-electron chi connectivity index (χ3n) is 4.46. The van der Waals surface area contributed by atoms with Gasteiger partial charge in [-0.15, -0.1) is 0 Å². The van der Waals surface area contributed by atoms with Gasteiger partial charge in [-0.2, -0.15) is 0 Å². The van der Waals surface area contributed by atoms with Crippen molar-refractivity contribution in [3.05, 3.63) is 29.8 Å². The van der Waals surface area contributed by atoms with Gasteiger partial charge in [-0.1, -0.05) is 5.16 Å². The predicted octanol–water partition coefficient (Wildman–Crippen LogP) is 1.46. The molecule has 1 aromatic carbocycles. The number of anilines is 1. The molecule has 0 radical (unpaired) electrons. The summed E-state index contributed by atoms with van der Waals surface area (Å²) in [5.41, 5.74) is 7.56. The first-order chi connectivity index (χ1) is 9.78. The van der Waals surface area contributed by atoms with Gasteiger partial charge in [-0.05, 0) is 56.6 Å². The highest BCUT2D eigenvalue weighted by molar-refractivity contribution is 5.97. The Bertz CT molecular complexity index is 479. The molecule has 0 bridgehead atoms. The molecule has 2 fully saturated rings. The van der Waals surface area contributed by atoms with Crippen molar-refractivity contribution in [3.63, 3.8) is 0 Å². The van der Waals surface area contributed by atoms with E-state index in [2.05, 4.69) is 27.1 Å².